The van der Waals surface area contributed by atoms with Crippen LogP contribution in [0.5, 0.6) is 0 Å². The van der Waals surface area contributed by atoms with Gasteiger partial charge in [0.2, 0.25) is 10.0 Å². The minimum absolute atomic E-state index is 0.0758. The molecule has 142 valence electrons. The highest BCUT2D eigenvalue weighted by atomic mass is 32.2. The quantitative estimate of drug-likeness (QED) is 0.438. The van der Waals surface area contributed by atoms with Crippen LogP contribution in [0.2, 0.25) is 0 Å². The lowest BCUT2D eigenvalue weighted by molar-refractivity contribution is -0.385. The van der Waals surface area contributed by atoms with Gasteiger partial charge in [0.15, 0.2) is 0 Å². The van der Waals surface area contributed by atoms with Crippen molar-refractivity contribution in [1.82, 2.24) is 9.73 Å². The van der Waals surface area contributed by atoms with Crippen LogP contribution < -0.4 is 5.43 Å². The monoisotopic (exact) mass is 390 g/mol. The highest BCUT2D eigenvalue weighted by Crippen LogP contribution is 2.16. The number of hydrogen-bond donors (Lipinski definition) is 1. The van der Waals surface area contributed by atoms with Crippen molar-refractivity contribution in [3.05, 3.63) is 69.8 Å². The fourth-order valence-corrected chi connectivity index (χ4v) is 3.28. The van der Waals surface area contributed by atoms with E-state index < -0.39 is 27.4 Å². The maximum atomic E-state index is 12.4. The number of nitrogens with one attached hydrogen (secondary N) is 1. The summed E-state index contributed by atoms with van der Waals surface area (Å²) in [6.45, 7) is 1.38. The Morgan fingerprint density at radius 1 is 1.22 bits per heavy atom. The molecule has 0 bridgehead atoms. The molecule has 9 nitrogen and oxygen atoms in total. The maximum absolute atomic E-state index is 12.4. The van der Waals surface area contributed by atoms with Gasteiger partial charge in [0.25, 0.3) is 11.6 Å². The second kappa shape index (κ2) is 8.52. The molecule has 0 unspecified atom stereocenters. The summed E-state index contributed by atoms with van der Waals surface area (Å²) in [5.41, 5.74) is 3.13. The number of carbonyl (C=O) groups excluding carboxylic acids is 1. The van der Waals surface area contributed by atoms with Gasteiger partial charge in [-0.3, -0.25) is 14.9 Å². The maximum Gasteiger partial charge on any atom is 0.278 e. The van der Waals surface area contributed by atoms with Gasteiger partial charge in [0.1, 0.15) is 0 Å². The second-order valence-electron chi connectivity index (χ2n) is 5.68. The van der Waals surface area contributed by atoms with Crippen LogP contribution in [0.15, 0.2) is 58.5 Å². The molecule has 0 saturated carbocycles. The first-order valence-corrected chi connectivity index (χ1v) is 9.24. The molecule has 1 N–H and O–H groups in total. The number of hydrogen-bond acceptors (Lipinski definition) is 6. The minimum Gasteiger partial charge on any atom is -0.272 e. The summed E-state index contributed by atoms with van der Waals surface area (Å²) in [6, 6.07) is 12.1. The van der Waals surface area contributed by atoms with Gasteiger partial charge in [0, 0.05) is 13.1 Å². The van der Waals surface area contributed by atoms with Gasteiger partial charge >= 0.3 is 0 Å². The summed E-state index contributed by atoms with van der Waals surface area (Å²) >= 11 is 0. The number of rotatable bonds is 7. The van der Waals surface area contributed by atoms with E-state index in [0.29, 0.717) is 0 Å². The topological polar surface area (TPSA) is 122 Å². The highest BCUT2D eigenvalue weighted by Gasteiger charge is 2.22. The van der Waals surface area contributed by atoms with Gasteiger partial charge in [-0.2, -0.15) is 9.41 Å². The molecule has 0 heterocycles. The number of likely N-dealkylation sites (N-methyl/N-ethyl adjacent to an activating group) is 1. The molecule has 0 saturated heterocycles. The van der Waals surface area contributed by atoms with Crippen molar-refractivity contribution in [3.8, 4) is 0 Å². The van der Waals surface area contributed by atoms with Crippen LogP contribution in [0.4, 0.5) is 5.69 Å². The molecule has 1 amide bonds. The Bertz CT molecular complexity index is 971. The van der Waals surface area contributed by atoms with Gasteiger partial charge in [-0.15, -0.1) is 0 Å². The molecular weight excluding hydrogens is 372 g/mol. The Labute approximate surface area is 156 Å². The molecule has 0 atom stereocenters. The highest BCUT2D eigenvalue weighted by molar-refractivity contribution is 7.89. The van der Waals surface area contributed by atoms with E-state index in [4.69, 9.17) is 0 Å². The molecule has 0 aliphatic rings. The molecule has 2 aromatic rings. The lowest BCUT2D eigenvalue weighted by atomic mass is 10.2. The van der Waals surface area contributed by atoms with E-state index in [1.807, 2.05) is 6.92 Å². The summed E-state index contributed by atoms with van der Waals surface area (Å²) in [4.78, 5) is 22.4. The van der Waals surface area contributed by atoms with E-state index in [-0.39, 0.29) is 16.1 Å². The number of nitro groups is 1. The van der Waals surface area contributed by atoms with Crippen LogP contribution in [-0.2, 0) is 14.8 Å². The van der Waals surface area contributed by atoms with Crippen molar-refractivity contribution in [3.63, 3.8) is 0 Å². The number of amides is 1. The van der Waals surface area contributed by atoms with Crippen LogP contribution in [0.1, 0.15) is 11.1 Å². The summed E-state index contributed by atoms with van der Waals surface area (Å²) in [6.07, 6.45) is 1.13. The van der Waals surface area contributed by atoms with Gasteiger partial charge in [0.05, 0.1) is 28.1 Å². The zero-order chi connectivity index (χ0) is 20.0. The number of para-hydroxylation sites is 1. The summed E-state index contributed by atoms with van der Waals surface area (Å²) in [7, 11) is -2.54. The van der Waals surface area contributed by atoms with E-state index in [1.165, 1.54) is 37.4 Å². The smallest absolute Gasteiger partial charge is 0.272 e. The third-order valence-electron chi connectivity index (χ3n) is 3.62. The van der Waals surface area contributed by atoms with E-state index >= 15 is 0 Å². The molecule has 10 heteroatoms. The first-order chi connectivity index (χ1) is 12.7. The molecule has 0 aliphatic heterocycles. The van der Waals surface area contributed by atoms with Gasteiger partial charge in [-0.1, -0.05) is 29.8 Å². The lowest BCUT2D eigenvalue weighted by Gasteiger charge is -2.16. The largest absolute Gasteiger partial charge is 0.278 e. The third-order valence-corrected chi connectivity index (χ3v) is 5.44. The van der Waals surface area contributed by atoms with Gasteiger partial charge < -0.3 is 0 Å². The Morgan fingerprint density at radius 3 is 2.48 bits per heavy atom. The molecule has 2 aromatic carbocycles. The number of sulfonamides is 1. The molecule has 0 spiro atoms. The minimum atomic E-state index is -3.81. The van der Waals surface area contributed by atoms with E-state index in [1.54, 1.807) is 18.2 Å². The van der Waals surface area contributed by atoms with E-state index in [9.17, 15) is 23.3 Å². The van der Waals surface area contributed by atoms with Crippen molar-refractivity contribution in [2.75, 3.05) is 13.6 Å². The van der Waals surface area contributed by atoms with Crippen LogP contribution in [0, 0.1) is 17.0 Å². The zero-order valence-electron chi connectivity index (χ0n) is 14.7. The first kappa shape index (κ1) is 20.2. The molecule has 0 fully saturated rings. The average Bonchev–Trinajstić information content (AvgIpc) is 2.62. The lowest BCUT2D eigenvalue weighted by Crippen LogP contribution is -2.36. The normalized spacial score (nSPS) is 11.7. The Kier molecular flexibility index (Phi) is 6.37. The average molecular weight is 390 g/mol. The number of nitro benzene ring substituents is 1. The number of aryl methyl sites for hydroxylation is 1. The number of nitrogens with zero attached hydrogens (tertiary/aromatic N) is 3. The molecule has 27 heavy (non-hydrogen) atoms. The van der Waals surface area contributed by atoms with Crippen molar-refractivity contribution >= 4 is 27.8 Å². The van der Waals surface area contributed by atoms with E-state index in [0.717, 1.165) is 16.1 Å². The Balaban J connectivity index is 2.01. The van der Waals surface area contributed by atoms with E-state index in [2.05, 4.69) is 10.5 Å². The van der Waals surface area contributed by atoms with Crippen molar-refractivity contribution < 1.29 is 18.1 Å². The summed E-state index contributed by atoms with van der Waals surface area (Å²) in [5.74, 6) is -0.678. The fraction of sp³-hybridized carbons (Fsp3) is 0.176. The molecule has 0 radical (unpaired) electrons. The number of benzene rings is 2. The van der Waals surface area contributed by atoms with Gasteiger partial charge in [-0.05, 0) is 25.1 Å². The first-order valence-electron chi connectivity index (χ1n) is 7.80. The van der Waals surface area contributed by atoms with Crippen LogP contribution >= 0.6 is 0 Å². The second-order valence-corrected chi connectivity index (χ2v) is 7.73. The molecule has 2 rings (SSSR count). The Morgan fingerprint density at radius 2 is 1.85 bits per heavy atom. The number of carbonyl (C=O) groups is 1. The van der Waals surface area contributed by atoms with Crippen molar-refractivity contribution in [2.45, 2.75) is 11.8 Å². The van der Waals surface area contributed by atoms with Crippen LogP contribution in [-0.4, -0.2) is 43.4 Å². The molecule has 0 aliphatic carbocycles. The van der Waals surface area contributed by atoms with Gasteiger partial charge in [-0.25, -0.2) is 13.8 Å². The standard InChI is InChI=1S/C17H18N4O5S/c1-13-7-9-15(10-8-13)27(25,26)20(2)12-17(22)19-18-11-14-5-3-4-6-16(14)21(23)24/h3-11H,12H2,1-2H3,(H,19,22)/b18-11+. The number of hydrazone groups is 1. The predicted octanol–water partition coefficient (Wildman–Crippen LogP) is 1.67. The summed E-state index contributed by atoms with van der Waals surface area (Å²) in [5, 5.41) is 14.6. The molecule has 0 aromatic heterocycles. The molecular formula is C17H18N4O5S. The van der Waals surface area contributed by atoms with Crippen molar-refractivity contribution in [1.29, 1.82) is 0 Å². The van der Waals surface area contributed by atoms with Crippen molar-refractivity contribution in [2.24, 2.45) is 5.10 Å². The predicted molar refractivity (Wildman–Crippen MR) is 99.8 cm³/mol. The SMILES string of the molecule is Cc1ccc(S(=O)(=O)N(C)CC(=O)N/N=C/c2ccccc2[N+](=O)[O-])cc1. The zero-order valence-corrected chi connectivity index (χ0v) is 15.5. The summed E-state index contributed by atoms with van der Waals surface area (Å²) < 4.78 is 25.7. The van der Waals surface area contributed by atoms with Crippen LogP contribution in [0.3, 0.4) is 0 Å². The fourth-order valence-electron chi connectivity index (χ4n) is 2.15. The van der Waals surface area contributed by atoms with Crippen LogP contribution in [0.25, 0.3) is 0 Å². The Hall–Kier alpha value is -3.11. The third kappa shape index (κ3) is 5.19.